The first kappa shape index (κ1) is 17.0. The minimum Gasteiger partial charge on any atom is -0.385 e. The fourth-order valence-electron chi connectivity index (χ4n) is 1.75. The number of benzene rings is 1. The molecular formula is C14H18F2N2O3. The average molecular weight is 300 g/mol. The molecule has 0 bridgehead atoms. The van der Waals surface area contributed by atoms with E-state index in [9.17, 15) is 18.4 Å². The van der Waals surface area contributed by atoms with E-state index in [1.165, 1.54) is 20.2 Å². The molecule has 0 aliphatic carbocycles. The minimum absolute atomic E-state index is 0.172. The number of carbonyl (C=O) groups is 2. The van der Waals surface area contributed by atoms with Crippen molar-refractivity contribution in [2.24, 2.45) is 0 Å². The van der Waals surface area contributed by atoms with Gasteiger partial charge in [-0.25, -0.2) is 8.78 Å². The van der Waals surface area contributed by atoms with Crippen molar-refractivity contribution in [3.8, 4) is 0 Å². The van der Waals surface area contributed by atoms with E-state index >= 15 is 0 Å². The van der Waals surface area contributed by atoms with Crippen molar-refractivity contribution in [2.75, 3.05) is 20.8 Å². The summed E-state index contributed by atoms with van der Waals surface area (Å²) in [6, 6.07) is 2.00. The summed E-state index contributed by atoms with van der Waals surface area (Å²) in [4.78, 5) is 23.6. The Morgan fingerprint density at radius 1 is 1.29 bits per heavy atom. The fourth-order valence-corrected chi connectivity index (χ4v) is 1.75. The van der Waals surface area contributed by atoms with Crippen LogP contribution in [0.3, 0.4) is 0 Å². The number of ether oxygens (including phenoxy) is 1. The lowest BCUT2D eigenvalue weighted by atomic mass is 10.1. The summed E-state index contributed by atoms with van der Waals surface area (Å²) < 4.78 is 31.0. The molecule has 0 aliphatic heterocycles. The lowest BCUT2D eigenvalue weighted by Crippen LogP contribution is -2.39. The van der Waals surface area contributed by atoms with Gasteiger partial charge in [0, 0.05) is 27.2 Å². The van der Waals surface area contributed by atoms with Crippen LogP contribution in [0, 0.1) is 11.6 Å². The molecule has 5 nitrogen and oxygen atoms in total. The van der Waals surface area contributed by atoms with Gasteiger partial charge in [0.1, 0.15) is 6.04 Å². The number of nitrogens with one attached hydrogen (secondary N) is 2. The van der Waals surface area contributed by atoms with Crippen LogP contribution in [0.2, 0.25) is 0 Å². The zero-order chi connectivity index (χ0) is 15.8. The molecule has 7 heteroatoms. The van der Waals surface area contributed by atoms with Crippen LogP contribution >= 0.6 is 0 Å². The molecule has 2 N–H and O–H groups in total. The van der Waals surface area contributed by atoms with E-state index in [1.807, 2.05) is 0 Å². The van der Waals surface area contributed by atoms with E-state index in [0.717, 1.165) is 12.1 Å². The number of hydrogen-bond donors (Lipinski definition) is 2. The van der Waals surface area contributed by atoms with E-state index < -0.39 is 23.6 Å². The van der Waals surface area contributed by atoms with Gasteiger partial charge in [0.05, 0.1) is 0 Å². The molecule has 0 saturated heterocycles. The summed E-state index contributed by atoms with van der Waals surface area (Å²) in [5.41, 5.74) is 0.174. The molecule has 1 aromatic carbocycles. The van der Waals surface area contributed by atoms with Crippen molar-refractivity contribution in [3.63, 3.8) is 0 Å². The number of rotatable bonds is 7. The van der Waals surface area contributed by atoms with Crippen LogP contribution in [0.1, 0.15) is 24.4 Å². The standard InChI is InChI=1S/C14H18F2N2O3/c1-17-14(20)13(18-12(19)4-3-7-21-2)9-5-6-10(15)11(16)8-9/h5-6,8,13H,3-4,7H2,1-2H3,(H,17,20)(H,18,19). The Morgan fingerprint density at radius 3 is 2.57 bits per heavy atom. The van der Waals surface area contributed by atoms with Gasteiger partial charge < -0.3 is 15.4 Å². The Kier molecular flexibility index (Phi) is 6.74. The molecule has 0 aromatic heterocycles. The highest BCUT2D eigenvalue weighted by Crippen LogP contribution is 2.17. The Hall–Kier alpha value is -2.02. The summed E-state index contributed by atoms with van der Waals surface area (Å²) >= 11 is 0. The number of likely N-dealkylation sites (N-methyl/N-ethyl adjacent to an activating group) is 1. The van der Waals surface area contributed by atoms with Crippen LogP contribution in [-0.4, -0.2) is 32.6 Å². The van der Waals surface area contributed by atoms with E-state index in [0.29, 0.717) is 13.0 Å². The van der Waals surface area contributed by atoms with Gasteiger partial charge in [0.25, 0.3) is 0 Å². The largest absolute Gasteiger partial charge is 0.385 e. The van der Waals surface area contributed by atoms with E-state index in [-0.39, 0.29) is 17.9 Å². The lowest BCUT2D eigenvalue weighted by molar-refractivity contribution is -0.129. The second-order valence-corrected chi connectivity index (χ2v) is 4.38. The Balaban J connectivity index is 2.83. The number of halogens is 2. The molecule has 1 unspecified atom stereocenters. The first-order chi connectivity index (χ1) is 9.99. The highest BCUT2D eigenvalue weighted by Gasteiger charge is 2.22. The molecule has 21 heavy (non-hydrogen) atoms. The van der Waals surface area contributed by atoms with Crippen LogP contribution < -0.4 is 10.6 Å². The van der Waals surface area contributed by atoms with E-state index in [2.05, 4.69) is 10.6 Å². The van der Waals surface area contributed by atoms with Crippen molar-refractivity contribution >= 4 is 11.8 Å². The van der Waals surface area contributed by atoms with Crippen molar-refractivity contribution in [1.82, 2.24) is 10.6 Å². The van der Waals surface area contributed by atoms with Gasteiger partial charge in [-0.15, -0.1) is 0 Å². The molecule has 2 amide bonds. The second kappa shape index (κ2) is 8.31. The third-order valence-corrected chi connectivity index (χ3v) is 2.84. The second-order valence-electron chi connectivity index (χ2n) is 4.38. The SMILES string of the molecule is CNC(=O)C(NC(=O)CCCOC)c1ccc(F)c(F)c1. The highest BCUT2D eigenvalue weighted by atomic mass is 19.2. The van der Waals surface area contributed by atoms with Gasteiger partial charge >= 0.3 is 0 Å². The molecule has 116 valence electrons. The zero-order valence-corrected chi connectivity index (χ0v) is 11.9. The van der Waals surface area contributed by atoms with Gasteiger partial charge in [0.15, 0.2) is 11.6 Å². The Morgan fingerprint density at radius 2 is 2.00 bits per heavy atom. The van der Waals surface area contributed by atoms with Gasteiger partial charge in [-0.2, -0.15) is 0 Å². The molecule has 1 atom stereocenters. The minimum atomic E-state index is -1.07. The quantitative estimate of drug-likeness (QED) is 0.746. The summed E-state index contributed by atoms with van der Waals surface area (Å²) in [6.45, 7) is 0.420. The Bertz CT molecular complexity index is 509. The molecule has 1 aromatic rings. The van der Waals surface area contributed by atoms with Crippen LogP contribution in [0.4, 0.5) is 8.78 Å². The van der Waals surface area contributed by atoms with Gasteiger partial charge in [-0.3, -0.25) is 9.59 Å². The normalized spacial score (nSPS) is 11.8. The molecule has 0 heterocycles. The van der Waals surface area contributed by atoms with E-state index in [1.54, 1.807) is 0 Å². The average Bonchev–Trinajstić information content (AvgIpc) is 2.47. The predicted molar refractivity (Wildman–Crippen MR) is 72.4 cm³/mol. The van der Waals surface area contributed by atoms with Crippen molar-refractivity contribution in [1.29, 1.82) is 0 Å². The Labute approximate surface area is 121 Å². The molecule has 0 aliphatic rings. The number of amides is 2. The third-order valence-electron chi connectivity index (χ3n) is 2.84. The maximum absolute atomic E-state index is 13.3. The lowest BCUT2D eigenvalue weighted by Gasteiger charge is -2.18. The topological polar surface area (TPSA) is 67.4 Å². The molecule has 0 spiro atoms. The van der Waals surface area contributed by atoms with Crippen LogP contribution in [0.15, 0.2) is 18.2 Å². The summed E-state index contributed by atoms with van der Waals surface area (Å²) in [5, 5.41) is 4.87. The molecule has 0 radical (unpaired) electrons. The molecular weight excluding hydrogens is 282 g/mol. The van der Waals surface area contributed by atoms with Crippen molar-refractivity contribution in [3.05, 3.63) is 35.4 Å². The number of carbonyl (C=O) groups excluding carboxylic acids is 2. The van der Waals surface area contributed by atoms with Crippen LogP contribution in [-0.2, 0) is 14.3 Å². The zero-order valence-electron chi connectivity index (χ0n) is 11.9. The van der Waals surface area contributed by atoms with Gasteiger partial charge in [0.2, 0.25) is 11.8 Å². The fraction of sp³-hybridized carbons (Fsp3) is 0.429. The number of methoxy groups -OCH3 is 1. The summed E-state index contributed by atoms with van der Waals surface area (Å²) in [6.07, 6.45) is 0.672. The first-order valence-electron chi connectivity index (χ1n) is 6.44. The van der Waals surface area contributed by atoms with Crippen molar-refractivity contribution < 1.29 is 23.1 Å². The van der Waals surface area contributed by atoms with Crippen molar-refractivity contribution in [2.45, 2.75) is 18.9 Å². The summed E-state index contributed by atoms with van der Waals surface area (Å²) in [7, 11) is 2.92. The smallest absolute Gasteiger partial charge is 0.246 e. The maximum atomic E-state index is 13.3. The monoisotopic (exact) mass is 300 g/mol. The van der Waals surface area contributed by atoms with Crippen LogP contribution in [0.5, 0.6) is 0 Å². The van der Waals surface area contributed by atoms with Crippen LogP contribution in [0.25, 0.3) is 0 Å². The molecule has 1 rings (SSSR count). The number of hydrogen-bond acceptors (Lipinski definition) is 3. The third kappa shape index (κ3) is 5.11. The first-order valence-corrected chi connectivity index (χ1v) is 6.44. The van der Waals surface area contributed by atoms with Gasteiger partial charge in [-0.1, -0.05) is 6.07 Å². The maximum Gasteiger partial charge on any atom is 0.246 e. The highest BCUT2D eigenvalue weighted by molar-refractivity contribution is 5.88. The van der Waals surface area contributed by atoms with E-state index in [4.69, 9.17) is 4.74 Å². The predicted octanol–water partition coefficient (Wildman–Crippen LogP) is 1.29. The molecule has 0 fully saturated rings. The molecule has 0 saturated carbocycles. The summed E-state index contributed by atoms with van der Waals surface area (Å²) in [5.74, 6) is -2.97. The van der Waals surface area contributed by atoms with Gasteiger partial charge in [-0.05, 0) is 24.1 Å².